The van der Waals surface area contributed by atoms with E-state index in [-0.39, 0.29) is 13.0 Å². The van der Waals surface area contributed by atoms with Gasteiger partial charge in [-0.05, 0) is 27.3 Å². The Bertz CT molecular complexity index is 675. The first-order valence-corrected chi connectivity index (χ1v) is 11.4. The van der Waals surface area contributed by atoms with Gasteiger partial charge in [0, 0.05) is 12.1 Å². The number of rotatable bonds is 6. The minimum atomic E-state index is -1.46. The maximum Gasteiger partial charge on any atom is 0.185 e. The molecule has 3 fully saturated rings. The van der Waals surface area contributed by atoms with Crippen LogP contribution in [0.15, 0.2) is 0 Å². The first kappa shape index (κ1) is 28.0. The van der Waals surface area contributed by atoms with Gasteiger partial charge in [0.1, 0.15) is 48.3 Å². The van der Waals surface area contributed by atoms with Gasteiger partial charge >= 0.3 is 0 Å². The average molecular weight is 497 g/mol. The zero-order valence-electron chi connectivity index (χ0n) is 19.5. The number of aliphatic hydroxyl groups excluding tert-OH is 5. The molecule has 14 nitrogen and oxygen atoms in total. The van der Waals surface area contributed by atoms with E-state index in [0.29, 0.717) is 0 Å². The molecule has 1 aliphatic carbocycles. The lowest BCUT2D eigenvalue weighted by Crippen LogP contribution is -2.69. The van der Waals surface area contributed by atoms with Gasteiger partial charge in [0.25, 0.3) is 0 Å². The molecule has 3 aliphatic rings. The second-order valence-corrected chi connectivity index (χ2v) is 9.82. The van der Waals surface area contributed by atoms with Crippen molar-refractivity contribution in [2.75, 3.05) is 13.7 Å². The van der Waals surface area contributed by atoms with Crippen molar-refractivity contribution < 1.29 is 49.6 Å². The van der Waals surface area contributed by atoms with Crippen LogP contribution in [0, 0.1) is 0 Å². The summed E-state index contributed by atoms with van der Waals surface area (Å²) < 4.78 is 22.8. The normalized spacial score (nSPS) is 53.5. The van der Waals surface area contributed by atoms with Gasteiger partial charge in [-0.25, -0.2) is 0 Å². The van der Waals surface area contributed by atoms with Gasteiger partial charge < -0.3 is 72.1 Å². The van der Waals surface area contributed by atoms with E-state index in [4.69, 9.17) is 36.1 Å². The minimum Gasteiger partial charge on any atom is -0.391 e. The zero-order valence-corrected chi connectivity index (χ0v) is 19.5. The number of ether oxygens (including phenoxy) is 4. The second-order valence-electron chi connectivity index (χ2n) is 9.82. The van der Waals surface area contributed by atoms with E-state index >= 15 is 0 Å². The van der Waals surface area contributed by atoms with Crippen molar-refractivity contribution in [1.29, 1.82) is 0 Å². The lowest BCUT2D eigenvalue weighted by Gasteiger charge is -2.49. The van der Waals surface area contributed by atoms with Crippen LogP contribution < -0.4 is 22.5 Å². The minimum absolute atomic E-state index is 0.135. The zero-order chi connectivity index (χ0) is 25.5. The van der Waals surface area contributed by atoms with Crippen molar-refractivity contribution in [2.24, 2.45) is 17.2 Å². The molecule has 14 heteroatoms. The molecule has 0 amide bonds. The Morgan fingerprint density at radius 3 is 2.03 bits per heavy atom. The van der Waals surface area contributed by atoms with E-state index in [9.17, 15) is 30.6 Å². The fourth-order valence-electron chi connectivity index (χ4n) is 4.95. The van der Waals surface area contributed by atoms with Crippen molar-refractivity contribution in [3.8, 4) is 0 Å². The number of nitrogens with two attached hydrogens (primary N) is 3. The number of aliphatic hydroxyl groups is 6. The number of nitrogens with one attached hydrogen (secondary N) is 1. The number of hydrogen-bond donors (Lipinski definition) is 10. The van der Waals surface area contributed by atoms with Gasteiger partial charge in [-0.15, -0.1) is 0 Å². The van der Waals surface area contributed by atoms with Crippen molar-refractivity contribution >= 4 is 0 Å². The molecule has 2 heterocycles. The summed E-state index contributed by atoms with van der Waals surface area (Å²) >= 11 is 0. The number of likely N-dealkylation sites (N-methyl/N-ethyl adjacent to an activating group) is 1. The molecule has 2 saturated heterocycles. The largest absolute Gasteiger partial charge is 0.391 e. The molecule has 0 aromatic carbocycles. The molecular formula is C20H40N4O10. The Morgan fingerprint density at radius 2 is 1.50 bits per heavy atom. The topological polar surface area (TPSA) is 248 Å². The molecule has 0 aromatic heterocycles. The highest BCUT2D eigenvalue weighted by molar-refractivity contribution is 5.02. The predicted octanol–water partition coefficient (Wildman–Crippen LogP) is -5.61. The third-order valence-corrected chi connectivity index (χ3v) is 6.95. The summed E-state index contributed by atoms with van der Waals surface area (Å²) in [6, 6.07) is -3.47. The highest BCUT2D eigenvalue weighted by Crippen LogP contribution is 2.32. The van der Waals surface area contributed by atoms with E-state index < -0.39 is 91.2 Å². The average Bonchev–Trinajstić information content (AvgIpc) is 2.75. The lowest BCUT2D eigenvalue weighted by atomic mass is 9.84. The van der Waals surface area contributed by atoms with E-state index in [1.54, 1.807) is 7.05 Å². The Balaban J connectivity index is 1.73. The molecular weight excluding hydrogens is 456 g/mol. The summed E-state index contributed by atoms with van der Waals surface area (Å²) in [6.45, 7) is 2.75. The highest BCUT2D eigenvalue weighted by Gasteiger charge is 2.52. The van der Waals surface area contributed by atoms with Crippen LogP contribution in [0.4, 0.5) is 0 Å². The lowest BCUT2D eigenvalue weighted by molar-refractivity contribution is -0.319. The second kappa shape index (κ2) is 10.8. The first-order chi connectivity index (χ1) is 15.8. The van der Waals surface area contributed by atoms with Crippen LogP contribution in [0.25, 0.3) is 0 Å². The van der Waals surface area contributed by atoms with Crippen LogP contribution in [0.3, 0.4) is 0 Å². The van der Waals surface area contributed by atoms with Gasteiger partial charge in [0.15, 0.2) is 12.6 Å². The van der Waals surface area contributed by atoms with Crippen LogP contribution >= 0.6 is 0 Å². The van der Waals surface area contributed by atoms with E-state index in [2.05, 4.69) is 5.32 Å². The Morgan fingerprint density at radius 1 is 0.941 bits per heavy atom. The Hall–Kier alpha value is -0.560. The van der Waals surface area contributed by atoms with Crippen molar-refractivity contribution in [3.05, 3.63) is 0 Å². The first-order valence-electron chi connectivity index (χ1n) is 11.4. The maximum absolute atomic E-state index is 11.1. The predicted molar refractivity (Wildman–Crippen MR) is 116 cm³/mol. The SMILES string of the molecule is CN[C@H]1[C@@H](O)[C@@H](O[C@@H]2[C@@H](O)[C@H](O[C@H]3O[C@H]([C@@H](C)O)[C@@H](O)[C@H](O)[C@H]3N)[C@@H](N)C[C@H]2N)OC[C@]1(C)O. The molecule has 13 N–H and O–H groups in total. The molecule has 200 valence electrons. The van der Waals surface area contributed by atoms with E-state index in [0.717, 1.165) is 0 Å². The van der Waals surface area contributed by atoms with Gasteiger partial charge in [-0.1, -0.05) is 0 Å². The molecule has 0 radical (unpaired) electrons. The van der Waals surface area contributed by atoms with Crippen LogP contribution in [0.5, 0.6) is 0 Å². The standard InChI is InChI=1S/C20H40N4O10/c1-6(25)14-11(27)10(26)9(23)18(32-14)33-15-7(21)4-8(22)16(12(15)28)34-19-13(29)17(24-3)20(2,30)5-31-19/h6-19,24-30H,4-5,21-23H2,1-3H3/t6-,7+,8-,9-,10-,11+,12+,13-,14-,15-,16+,17+,18-,19-,20+/m1/s1. The molecule has 0 unspecified atom stereocenters. The fraction of sp³-hybridized carbons (Fsp3) is 1.00. The van der Waals surface area contributed by atoms with Crippen LogP contribution in [0.2, 0.25) is 0 Å². The molecule has 0 aromatic rings. The van der Waals surface area contributed by atoms with Gasteiger partial charge in [0.2, 0.25) is 0 Å². The molecule has 34 heavy (non-hydrogen) atoms. The molecule has 0 bridgehead atoms. The summed E-state index contributed by atoms with van der Waals surface area (Å²) in [5.41, 5.74) is 17.0. The summed E-state index contributed by atoms with van der Waals surface area (Å²) in [4.78, 5) is 0. The van der Waals surface area contributed by atoms with Crippen LogP contribution in [-0.2, 0) is 18.9 Å². The number of hydrogen-bond acceptors (Lipinski definition) is 14. The molecule has 0 spiro atoms. The van der Waals surface area contributed by atoms with Crippen LogP contribution in [0.1, 0.15) is 20.3 Å². The molecule has 1 saturated carbocycles. The highest BCUT2D eigenvalue weighted by atomic mass is 16.7. The molecule has 2 aliphatic heterocycles. The van der Waals surface area contributed by atoms with Crippen LogP contribution in [-0.4, -0.2) is 135 Å². The Labute approximate surface area is 197 Å². The summed E-state index contributed by atoms with van der Waals surface area (Å²) in [7, 11) is 1.58. The summed E-state index contributed by atoms with van der Waals surface area (Å²) in [5.74, 6) is 0. The monoisotopic (exact) mass is 496 g/mol. The quantitative estimate of drug-likeness (QED) is 0.165. The maximum atomic E-state index is 11.1. The van der Waals surface area contributed by atoms with Crippen molar-refractivity contribution in [1.82, 2.24) is 5.32 Å². The summed E-state index contributed by atoms with van der Waals surface area (Å²) in [5, 5.41) is 65.2. The van der Waals surface area contributed by atoms with Gasteiger partial charge in [-0.2, -0.15) is 0 Å². The van der Waals surface area contributed by atoms with E-state index in [1.807, 2.05) is 0 Å². The van der Waals surface area contributed by atoms with Gasteiger partial charge in [-0.3, -0.25) is 0 Å². The molecule has 15 atom stereocenters. The van der Waals surface area contributed by atoms with Gasteiger partial charge in [0.05, 0.1) is 24.8 Å². The third-order valence-electron chi connectivity index (χ3n) is 6.95. The smallest absolute Gasteiger partial charge is 0.185 e. The fourth-order valence-corrected chi connectivity index (χ4v) is 4.95. The summed E-state index contributed by atoms with van der Waals surface area (Å²) in [6.07, 6.45) is -12.4. The molecule has 3 rings (SSSR count). The van der Waals surface area contributed by atoms with Crippen molar-refractivity contribution in [2.45, 2.75) is 111 Å². The van der Waals surface area contributed by atoms with Crippen molar-refractivity contribution in [3.63, 3.8) is 0 Å². The van der Waals surface area contributed by atoms with E-state index in [1.165, 1.54) is 13.8 Å². The third kappa shape index (κ3) is 5.40. The Kier molecular flexibility index (Phi) is 8.92.